The first-order valence-electron chi connectivity index (χ1n) is 5.68. The van der Waals surface area contributed by atoms with Crippen molar-refractivity contribution in [2.75, 3.05) is 12.4 Å². The number of rotatable bonds is 2. The summed E-state index contributed by atoms with van der Waals surface area (Å²) in [6.07, 6.45) is 3.97. The maximum absolute atomic E-state index is 12.1. The molecule has 2 heterocycles. The Morgan fingerprint density at radius 3 is 3.07 bits per heavy atom. The number of nitrogens with zero attached hydrogens (tertiary/aromatic N) is 2. The Morgan fingerprint density at radius 2 is 2.33 bits per heavy atom. The average molecular weight is 229 g/mol. The molecule has 4 heteroatoms. The second kappa shape index (κ2) is 4.52. The standard InChI is InChI=1S/C11H17ClN2O/c1-8-9(5-6-12)11(15)14-7-3-2-4-10(14)13-8/h8-9H,2-7H2,1H3/t8-,9-/m0/s1. The van der Waals surface area contributed by atoms with Crippen LogP contribution in [0.2, 0.25) is 0 Å². The van der Waals surface area contributed by atoms with Crippen LogP contribution >= 0.6 is 11.6 Å². The monoisotopic (exact) mass is 228 g/mol. The average Bonchev–Trinajstić information content (AvgIpc) is 2.24. The number of alkyl halides is 1. The van der Waals surface area contributed by atoms with Crippen molar-refractivity contribution in [1.29, 1.82) is 0 Å². The van der Waals surface area contributed by atoms with E-state index in [0.29, 0.717) is 5.88 Å². The summed E-state index contributed by atoms with van der Waals surface area (Å²) in [6.45, 7) is 2.87. The van der Waals surface area contributed by atoms with Gasteiger partial charge in [-0.15, -0.1) is 11.6 Å². The Morgan fingerprint density at radius 1 is 1.53 bits per heavy atom. The van der Waals surface area contributed by atoms with E-state index in [2.05, 4.69) is 4.99 Å². The van der Waals surface area contributed by atoms with Crippen molar-refractivity contribution in [2.24, 2.45) is 10.9 Å². The molecule has 0 aromatic rings. The highest BCUT2D eigenvalue weighted by Gasteiger charge is 2.36. The topological polar surface area (TPSA) is 32.7 Å². The van der Waals surface area contributed by atoms with Gasteiger partial charge in [0.15, 0.2) is 0 Å². The molecule has 0 radical (unpaired) electrons. The minimum absolute atomic E-state index is 0.00403. The van der Waals surface area contributed by atoms with Crippen LogP contribution in [0.15, 0.2) is 4.99 Å². The lowest BCUT2D eigenvalue weighted by Gasteiger charge is -2.37. The third-order valence-corrected chi connectivity index (χ3v) is 3.50. The third-order valence-electron chi connectivity index (χ3n) is 3.28. The highest BCUT2D eigenvalue weighted by Crippen LogP contribution is 2.26. The molecular formula is C11H17ClN2O. The number of halogens is 1. The molecular weight excluding hydrogens is 212 g/mol. The third kappa shape index (κ3) is 2.03. The number of carbonyl (C=O) groups excluding carboxylic acids is 1. The van der Waals surface area contributed by atoms with E-state index in [0.717, 1.165) is 38.1 Å². The molecule has 2 rings (SSSR count). The first kappa shape index (κ1) is 10.9. The van der Waals surface area contributed by atoms with Crippen LogP contribution in [0.25, 0.3) is 0 Å². The van der Waals surface area contributed by atoms with Crippen molar-refractivity contribution in [2.45, 2.75) is 38.6 Å². The zero-order valence-corrected chi connectivity index (χ0v) is 9.83. The van der Waals surface area contributed by atoms with E-state index < -0.39 is 0 Å². The first-order valence-corrected chi connectivity index (χ1v) is 6.21. The SMILES string of the molecule is C[C@@H]1N=C2CCCCN2C(=O)[C@H]1CCCl. The number of aliphatic imine (C=N–C) groups is 1. The largest absolute Gasteiger partial charge is 0.300 e. The summed E-state index contributed by atoms with van der Waals surface area (Å²) in [5.41, 5.74) is 0. The number of amidine groups is 1. The molecule has 15 heavy (non-hydrogen) atoms. The number of fused-ring (bicyclic) bond motifs is 1. The molecule has 2 aliphatic heterocycles. The van der Waals surface area contributed by atoms with Crippen LogP contribution in [-0.4, -0.2) is 35.1 Å². The van der Waals surface area contributed by atoms with Crippen LogP contribution < -0.4 is 0 Å². The summed E-state index contributed by atoms with van der Waals surface area (Å²) < 4.78 is 0. The molecule has 0 spiro atoms. The van der Waals surface area contributed by atoms with E-state index in [1.165, 1.54) is 0 Å². The molecule has 84 valence electrons. The van der Waals surface area contributed by atoms with Crippen molar-refractivity contribution >= 4 is 23.3 Å². The lowest BCUT2D eigenvalue weighted by molar-refractivity contribution is -0.133. The van der Waals surface area contributed by atoms with Crippen molar-refractivity contribution in [3.8, 4) is 0 Å². The van der Waals surface area contributed by atoms with Crippen LogP contribution in [0.1, 0.15) is 32.6 Å². The van der Waals surface area contributed by atoms with E-state index in [4.69, 9.17) is 11.6 Å². The van der Waals surface area contributed by atoms with E-state index in [1.807, 2.05) is 11.8 Å². The fourth-order valence-corrected chi connectivity index (χ4v) is 2.64. The smallest absolute Gasteiger partial charge is 0.233 e. The van der Waals surface area contributed by atoms with Gasteiger partial charge in [0, 0.05) is 18.8 Å². The number of hydrogen-bond acceptors (Lipinski definition) is 2. The molecule has 0 aliphatic carbocycles. The molecule has 0 aromatic heterocycles. The maximum Gasteiger partial charge on any atom is 0.233 e. The number of hydrogen-bond donors (Lipinski definition) is 0. The summed E-state index contributed by atoms with van der Waals surface area (Å²) in [5, 5.41) is 0. The fourth-order valence-electron chi connectivity index (χ4n) is 2.40. The highest BCUT2D eigenvalue weighted by atomic mass is 35.5. The molecule has 0 N–H and O–H groups in total. The van der Waals surface area contributed by atoms with E-state index >= 15 is 0 Å². The summed E-state index contributed by atoms with van der Waals surface area (Å²) in [4.78, 5) is 18.6. The second-order valence-corrected chi connectivity index (χ2v) is 4.70. The van der Waals surface area contributed by atoms with Gasteiger partial charge in [-0.05, 0) is 26.2 Å². The van der Waals surface area contributed by atoms with Gasteiger partial charge in [0.1, 0.15) is 5.84 Å². The minimum Gasteiger partial charge on any atom is -0.300 e. The lowest BCUT2D eigenvalue weighted by Crippen LogP contribution is -2.50. The molecule has 2 aliphatic rings. The van der Waals surface area contributed by atoms with Crippen LogP contribution in [0.5, 0.6) is 0 Å². The second-order valence-electron chi connectivity index (χ2n) is 4.32. The summed E-state index contributed by atoms with van der Waals surface area (Å²) >= 11 is 5.72. The predicted octanol–water partition coefficient (Wildman–Crippen LogP) is 2.04. The van der Waals surface area contributed by atoms with E-state index in [9.17, 15) is 4.79 Å². The van der Waals surface area contributed by atoms with Crippen LogP contribution in [0.4, 0.5) is 0 Å². The highest BCUT2D eigenvalue weighted by molar-refractivity contribution is 6.18. The molecule has 1 saturated heterocycles. The van der Waals surface area contributed by atoms with Crippen LogP contribution in [-0.2, 0) is 4.79 Å². The number of amides is 1. The van der Waals surface area contributed by atoms with Gasteiger partial charge in [0.2, 0.25) is 5.91 Å². The van der Waals surface area contributed by atoms with Gasteiger partial charge in [-0.25, -0.2) is 0 Å². The summed E-state index contributed by atoms with van der Waals surface area (Å²) in [7, 11) is 0. The van der Waals surface area contributed by atoms with Crippen molar-refractivity contribution < 1.29 is 4.79 Å². The van der Waals surface area contributed by atoms with E-state index in [-0.39, 0.29) is 17.9 Å². The molecule has 0 aromatic carbocycles. The lowest BCUT2D eigenvalue weighted by atomic mass is 9.93. The fraction of sp³-hybridized carbons (Fsp3) is 0.818. The van der Waals surface area contributed by atoms with Crippen molar-refractivity contribution in [3.63, 3.8) is 0 Å². The Bertz CT molecular complexity index is 290. The van der Waals surface area contributed by atoms with Gasteiger partial charge in [-0.1, -0.05) is 0 Å². The van der Waals surface area contributed by atoms with Crippen LogP contribution in [0, 0.1) is 5.92 Å². The quantitative estimate of drug-likeness (QED) is 0.666. The maximum atomic E-state index is 12.1. The molecule has 1 amide bonds. The molecule has 1 fully saturated rings. The summed E-state index contributed by atoms with van der Waals surface area (Å²) in [5.74, 6) is 1.79. The van der Waals surface area contributed by atoms with Gasteiger partial charge in [-0.2, -0.15) is 0 Å². The van der Waals surface area contributed by atoms with Crippen LogP contribution in [0.3, 0.4) is 0 Å². The molecule has 3 nitrogen and oxygen atoms in total. The predicted molar refractivity (Wildman–Crippen MR) is 61.3 cm³/mol. The number of piperidine rings is 1. The normalized spacial score (nSPS) is 31.2. The first-order chi connectivity index (χ1) is 7.24. The molecule has 0 bridgehead atoms. The van der Waals surface area contributed by atoms with Crippen molar-refractivity contribution in [1.82, 2.24) is 4.90 Å². The molecule has 0 unspecified atom stereocenters. The summed E-state index contributed by atoms with van der Waals surface area (Å²) in [6, 6.07) is 0.112. The van der Waals surface area contributed by atoms with Gasteiger partial charge in [-0.3, -0.25) is 9.79 Å². The molecule has 2 atom stereocenters. The Labute approximate surface area is 95.5 Å². The van der Waals surface area contributed by atoms with Gasteiger partial charge in [0.05, 0.1) is 12.0 Å². The Kier molecular flexibility index (Phi) is 3.29. The number of carbonyl (C=O) groups is 1. The molecule has 0 saturated carbocycles. The van der Waals surface area contributed by atoms with E-state index in [1.54, 1.807) is 0 Å². The van der Waals surface area contributed by atoms with Gasteiger partial charge >= 0.3 is 0 Å². The zero-order valence-electron chi connectivity index (χ0n) is 9.08. The van der Waals surface area contributed by atoms with Gasteiger partial charge < -0.3 is 4.90 Å². The van der Waals surface area contributed by atoms with Crippen molar-refractivity contribution in [3.05, 3.63) is 0 Å². The van der Waals surface area contributed by atoms with Gasteiger partial charge in [0.25, 0.3) is 0 Å². The Hall–Kier alpha value is -0.570. The minimum atomic E-state index is 0.00403. The Balaban J connectivity index is 2.19. The zero-order chi connectivity index (χ0) is 10.8.